The van der Waals surface area contributed by atoms with Crippen LogP contribution in [0.3, 0.4) is 0 Å². The van der Waals surface area contributed by atoms with Crippen molar-refractivity contribution >= 4 is 0 Å². The van der Waals surface area contributed by atoms with Crippen LogP contribution in [0.4, 0.5) is 0 Å². The second-order valence-corrected chi connectivity index (χ2v) is 6.57. The quantitative estimate of drug-likeness (QED) is 0.920. The van der Waals surface area contributed by atoms with E-state index in [2.05, 4.69) is 42.3 Å². The van der Waals surface area contributed by atoms with E-state index >= 15 is 0 Å². The molecule has 0 amide bonds. The summed E-state index contributed by atoms with van der Waals surface area (Å²) in [6, 6.07) is 8.34. The summed E-state index contributed by atoms with van der Waals surface area (Å²) < 4.78 is 5.60. The fraction of sp³-hybridized carbons (Fsp3) is 0.667. The molecule has 3 unspecified atom stereocenters. The summed E-state index contributed by atoms with van der Waals surface area (Å²) >= 11 is 0. The van der Waals surface area contributed by atoms with Gasteiger partial charge in [-0.1, -0.05) is 17.7 Å². The van der Waals surface area contributed by atoms with Crippen molar-refractivity contribution in [2.24, 2.45) is 0 Å². The first-order chi connectivity index (χ1) is 10.2. The Morgan fingerprint density at radius 2 is 2.14 bits per heavy atom. The minimum Gasteiger partial charge on any atom is -0.496 e. The fourth-order valence-electron chi connectivity index (χ4n) is 4.13. The van der Waals surface area contributed by atoms with Gasteiger partial charge in [-0.25, -0.2) is 0 Å². The van der Waals surface area contributed by atoms with Crippen molar-refractivity contribution in [2.75, 3.05) is 20.2 Å². The molecule has 0 aromatic heterocycles. The van der Waals surface area contributed by atoms with Crippen LogP contribution in [-0.4, -0.2) is 37.2 Å². The van der Waals surface area contributed by atoms with Gasteiger partial charge in [-0.05, 0) is 58.7 Å². The van der Waals surface area contributed by atoms with Crippen LogP contribution in [-0.2, 0) is 0 Å². The molecule has 1 aromatic rings. The van der Waals surface area contributed by atoms with Gasteiger partial charge in [0.2, 0.25) is 0 Å². The Kier molecular flexibility index (Phi) is 4.51. The van der Waals surface area contributed by atoms with Crippen molar-refractivity contribution in [2.45, 2.75) is 57.7 Å². The zero-order valence-corrected chi connectivity index (χ0v) is 13.6. The largest absolute Gasteiger partial charge is 0.496 e. The normalized spacial score (nSPS) is 28.0. The molecule has 1 N–H and O–H groups in total. The molecule has 3 nitrogen and oxygen atoms in total. The lowest BCUT2D eigenvalue weighted by molar-refractivity contribution is 0.161. The lowest BCUT2D eigenvalue weighted by Gasteiger charge is -2.35. The van der Waals surface area contributed by atoms with Gasteiger partial charge in [0, 0.05) is 23.7 Å². The fourth-order valence-corrected chi connectivity index (χ4v) is 4.13. The Morgan fingerprint density at radius 1 is 1.29 bits per heavy atom. The van der Waals surface area contributed by atoms with Gasteiger partial charge >= 0.3 is 0 Å². The smallest absolute Gasteiger partial charge is 0.123 e. The molecule has 0 radical (unpaired) electrons. The van der Waals surface area contributed by atoms with Gasteiger partial charge in [0.15, 0.2) is 0 Å². The number of nitrogens with zero attached hydrogens (tertiary/aromatic N) is 1. The van der Waals surface area contributed by atoms with Crippen molar-refractivity contribution in [3.8, 4) is 5.75 Å². The summed E-state index contributed by atoms with van der Waals surface area (Å²) in [7, 11) is 1.78. The zero-order valence-electron chi connectivity index (χ0n) is 13.6. The summed E-state index contributed by atoms with van der Waals surface area (Å²) in [6.07, 6.45) is 5.31. The minimum atomic E-state index is 0.426. The molecule has 0 spiro atoms. The van der Waals surface area contributed by atoms with E-state index in [9.17, 15) is 0 Å². The van der Waals surface area contributed by atoms with Crippen LogP contribution in [0.5, 0.6) is 5.75 Å². The van der Waals surface area contributed by atoms with Crippen LogP contribution in [0, 0.1) is 6.92 Å². The van der Waals surface area contributed by atoms with E-state index in [-0.39, 0.29) is 0 Å². The van der Waals surface area contributed by atoms with Crippen molar-refractivity contribution in [3.63, 3.8) is 0 Å². The summed E-state index contributed by atoms with van der Waals surface area (Å²) in [5.41, 5.74) is 2.65. The first kappa shape index (κ1) is 14.9. The van der Waals surface area contributed by atoms with Crippen LogP contribution in [0.15, 0.2) is 18.2 Å². The van der Waals surface area contributed by atoms with Crippen LogP contribution in [0.25, 0.3) is 0 Å². The lowest BCUT2D eigenvalue weighted by atomic mass is 9.99. The summed E-state index contributed by atoms with van der Waals surface area (Å²) in [6.45, 7) is 6.90. The Hall–Kier alpha value is -1.06. The molecule has 2 fully saturated rings. The number of hydrogen-bond donors (Lipinski definition) is 1. The van der Waals surface area contributed by atoms with Gasteiger partial charge in [-0.3, -0.25) is 4.90 Å². The molecule has 2 aliphatic rings. The van der Waals surface area contributed by atoms with Crippen molar-refractivity contribution in [3.05, 3.63) is 29.3 Å². The van der Waals surface area contributed by atoms with Crippen molar-refractivity contribution < 1.29 is 4.74 Å². The second kappa shape index (κ2) is 6.37. The molecule has 116 valence electrons. The Morgan fingerprint density at radius 3 is 2.86 bits per heavy atom. The maximum Gasteiger partial charge on any atom is 0.123 e. The minimum absolute atomic E-state index is 0.426. The number of likely N-dealkylation sites (tertiary alicyclic amines) is 1. The van der Waals surface area contributed by atoms with Gasteiger partial charge in [0.25, 0.3) is 0 Å². The molecule has 3 rings (SSSR count). The monoisotopic (exact) mass is 288 g/mol. The highest BCUT2D eigenvalue weighted by Crippen LogP contribution is 2.36. The number of methoxy groups -OCH3 is 1. The summed E-state index contributed by atoms with van der Waals surface area (Å²) in [5.74, 6) is 1.03. The van der Waals surface area contributed by atoms with Crippen molar-refractivity contribution in [1.29, 1.82) is 0 Å². The average Bonchev–Trinajstić information content (AvgIpc) is 3.16. The van der Waals surface area contributed by atoms with E-state index < -0.39 is 0 Å². The third-order valence-corrected chi connectivity index (χ3v) is 5.24. The molecule has 3 atom stereocenters. The van der Waals surface area contributed by atoms with E-state index in [0.717, 1.165) is 5.75 Å². The van der Waals surface area contributed by atoms with Crippen LogP contribution >= 0.6 is 0 Å². The predicted octanol–water partition coefficient (Wildman–Crippen LogP) is 3.28. The third-order valence-electron chi connectivity index (χ3n) is 5.24. The van der Waals surface area contributed by atoms with Gasteiger partial charge in [0.1, 0.15) is 5.75 Å². The van der Waals surface area contributed by atoms with E-state index in [1.165, 1.54) is 49.9 Å². The standard InChI is InChI=1S/C18H28N2O/c1-13-8-9-18(21-3)15(12-13)14(2)20-11-5-7-17(20)16-6-4-10-19-16/h8-9,12,14,16-17,19H,4-7,10-11H2,1-3H3. The molecule has 0 aliphatic carbocycles. The predicted molar refractivity (Wildman–Crippen MR) is 86.9 cm³/mol. The molecule has 2 saturated heterocycles. The Labute approximate surface area is 128 Å². The topological polar surface area (TPSA) is 24.5 Å². The van der Waals surface area contributed by atoms with Gasteiger partial charge < -0.3 is 10.1 Å². The highest BCUT2D eigenvalue weighted by molar-refractivity contribution is 5.39. The summed E-state index contributed by atoms with van der Waals surface area (Å²) in [4.78, 5) is 2.69. The van der Waals surface area contributed by atoms with Crippen molar-refractivity contribution in [1.82, 2.24) is 10.2 Å². The number of aryl methyl sites for hydroxylation is 1. The van der Waals surface area contributed by atoms with Crippen LogP contribution < -0.4 is 10.1 Å². The van der Waals surface area contributed by atoms with E-state index in [1.54, 1.807) is 7.11 Å². The maximum atomic E-state index is 5.60. The molecular weight excluding hydrogens is 260 g/mol. The Bertz CT molecular complexity index is 482. The molecule has 1 aromatic carbocycles. The Balaban J connectivity index is 1.83. The third kappa shape index (κ3) is 2.95. The molecule has 0 bridgehead atoms. The number of hydrogen-bond acceptors (Lipinski definition) is 3. The van der Waals surface area contributed by atoms with E-state index in [4.69, 9.17) is 4.74 Å². The number of rotatable bonds is 4. The van der Waals surface area contributed by atoms with Crippen LogP contribution in [0.2, 0.25) is 0 Å². The number of benzene rings is 1. The highest BCUT2D eigenvalue weighted by Gasteiger charge is 2.36. The zero-order chi connectivity index (χ0) is 14.8. The number of nitrogens with one attached hydrogen (secondary N) is 1. The second-order valence-electron chi connectivity index (χ2n) is 6.57. The molecule has 2 aliphatic heterocycles. The highest BCUT2D eigenvalue weighted by atomic mass is 16.5. The maximum absolute atomic E-state index is 5.60. The van der Waals surface area contributed by atoms with Gasteiger partial charge in [-0.15, -0.1) is 0 Å². The molecule has 0 saturated carbocycles. The van der Waals surface area contributed by atoms with Gasteiger partial charge in [-0.2, -0.15) is 0 Å². The van der Waals surface area contributed by atoms with Gasteiger partial charge in [0.05, 0.1) is 7.11 Å². The first-order valence-electron chi connectivity index (χ1n) is 8.34. The summed E-state index contributed by atoms with van der Waals surface area (Å²) in [5, 5.41) is 3.70. The average molecular weight is 288 g/mol. The number of ether oxygens (including phenoxy) is 1. The SMILES string of the molecule is COc1ccc(C)cc1C(C)N1CCCC1C1CCCN1. The van der Waals surface area contributed by atoms with E-state index in [0.29, 0.717) is 18.1 Å². The molecule has 21 heavy (non-hydrogen) atoms. The molecule has 3 heteroatoms. The lowest BCUT2D eigenvalue weighted by Crippen LogP contribution is -2.44. The molecular formula is C18H28N2O. The van der Waals surface area contributed by atoms with Crippen LogP contribution in [0.1, 0.15) is 49.8 Å². The first-order valence-corrected chi connectivity index (χ1v) is 8.34. The van der Waals surface area contributed by atoms with E-state index in [1.807, 2.05) is 0 Å². The molecule has 2 heterocycles.